The van der Waals surface area contributed by atoms with E-state index in [0.717, 1.165) is 12.1 Å². The molecule has 78 valence electrons. The van der Waals surface area contributed by atoms with Crippen molar-refractivity contribution in [2.75, 3.05) is 0 Å². The molecule has 0 radical (unpaired) electrons. The summed E-state index contributed by atoms with van der Waals surface area (Å²) in [6.07, 6.45) is 1.14. The minimum Gasteiger partial charge on any atom is -0.282 e. The molecule has 0 aliphatic rings. The number of nitrogens with one attached hydrogen (secondary N) is 1. The average molecular weight is 200 g/mol. The largest absolute Gasteiger partial charge is 0.282 e. The number of aromatic nitrogens is 2. The van der Waals surface area contributed by atoms with Crippen molar-refractivity contribution in [2.24, 2.45) is 0 Å². The maximum atomic E-state index is 4.33. The van der Waals surface area contributed by atoms with Gasteiger partial charge in [0, 0.05) is 11.3 Å². The van der Waals surface area contributed by atoms with Crippen molar-refractivity contribution in [1.29, 1.82) is 0 Å². The smallest absolute Gasteiger partial charge is 0.0923 e. The minimum absolute atomic E-state index is 0.551. The van der Waals surface area contributed by atoms with Crippen molar-refractivity contribution >= 4 is 0 Å². The third-order valence-electron chi connectivity index (χ3n) is 2.81. The summed E-state index contributed by atoms with van der Waals surface area (Å²) in [7, 11) is 0. The van der Waals surface area contributed by atoms with Crippen LogP contribution in [-0.2, 0) is 0 Å². The highest BCUT2D eigenvalue weighted by Gasteiger charge is 2.07. The highest BCUT2D eigenvalue weighted by molar-refractivity contribution is 5.59. The van der Waals surface area contributed by atoms with Crippen LogP contribution >= 0.6 is 0 Å². The van der Waals surface area contributed by atoms with Crippen molar-refractivity contribution in [3.63, 3.8) is 0 Å². The molecule has 1 atom stereocenters. The summed E-state index contributed by atoms with van der Waals surface area (Å²) in [6.45, 7) is 4.40. The van der Waals surface area contributed by atoms with Crippen LogP contribution in [-0.4, -0.2) is 10.2 Å². The molecule has 0 aliphatic carbocycles. The second-order valence-electron chi connectivity index (χ2n) is 3.88. The Bertz CT molecular complexity index is 417. The maximum absolute atomic E-state index is 4.33. The molecule has 1 N–H and O–H groups in total. The van der Waals surface area contributed by atoms with Crippen LogP contribution in [0.1, 0.15) is 31.9 Å². The van der Waals surface area contributed by atoms with Crippen LogP contribution in [0.4, 0.5) is 0 Å². The van der Waals surface area contributed by atoms with Gasteiger partial charge in [0.2, 0.25) is 0 Å². The topological polar surface area (TPSA) is 28.7 Å². The fourth-order valence-electron chi connectivity index (χ4n) is 1.57. The van der Waals surface area contributed by atoms with Crippen LogP contribution in [0.15, 0.2) is 36.4 Å². The highest BCUT2D eigenvalue weighted by Crippen LogP contribution is 2.22. The lowest BCUT2D eigenvalue weighted by atomic mass is 10.0. The van der Waals surface area contributed by atoms with Crippen molar-refractivity contribution in [2.45, 2.75) is 26.2 Å². The molecule has 2 rings (SSSR count). The third kappa shape index (κ3) is 2.09. The van der Waals surface area contributed by atoms with E-state index in [1.807, 2.05) is 18.2 Å². The molecule has 0 saturated carbocycles. The van der Waals surface area contributed by atoms with Gasteiger partial charge in [-0.25, -0.2) is 0 Å². The molecule has 2 heteroatoms. The Morgan fingerprint density at radius 2 is 2.00 bits per heavy atom. The predicted octanol–water partition coefficient (Wildman–Crippen LogP) is 3.59. The predicted molar refractivity (Wildman–Crippen MR) is 62.7 cm³/mol. The van der Waals surface area contributed by atoms with E-state index < -0.39 is 0 Å². The third-order valence-corrected chi connectivity index (χ3v) is 2.81. The van der Waals surface area contributed by atoms with Crippen molar-refractivity contribution in [3.8, 4) is 11.3 Å². The molecule has 2 aromatic rings. The van der Waals surface area contributed by atoms with Crippen LogP contribution in [0, 0.1) is 0 Å². The van der Waals surface area contributed by atoms with Gasteiger partial charge in [0.15, 0.2) is 0 Å². The number of hydrogen-bond donors (Lipinski definition) is 1. The molecule has 1 unspecified atom stereocenters. The molecule has 0 saturated heterocycles. The molecule has 0 spiro atoms. The number of nitrogens with zero attached hydrogens (tertiary/aromatic N) is 1. The van der Waals surface area contributed by atoms with E-state index in [0.29, 0.717) is 5.92 Å². The van der Waals surface area contributed by atoms with Crippen LogP contribution in [0.3, 0.4) is 0 Å². The molecule has 2 nitrogen and oxygen atoms in total. The Kier molecular flexibility index (Phi) is 2.86. The van der Waals surface area contributed by atoms with E-state index in [9.17, 15) is 0 Å². The summed E-state index contributed by atoms with van der Waals surface area (Å²) in [5.74, 6) is 0.551. The molecule has 0 bridgehead atoms. The van der Waals surface area contributed by atoms with Gasteiger partial charge in [-0.1, -0.05) is 44.2 Å². The van der Waals surface area contributed by atoms with Gasteiger partial charge in [-0.3, -0.25) is 5.10 Å². The lowest BCUT2D eigenvalue weighted by molar-refractivity contribution is 0.703. The molecule has 0 fully saturated rings. The van der Waals surface area contributed by atoms with Crippen LogP contribution in [0.25, 0.3) is 11.3 Å². The molecular weight excluding hydrogens is 184 g/mol. The van der Waals surface area contributed by atoms with E-state index in [-0.39, 0.29) is 0 Å². The number of aromatic amines is 1. The van der Waals surface area contributed by atoms with Crippen molar-refractivity contribution in [3.05, 3.63) is 42.1 Å². The van der Waals surface area contributed by atoms with Crippen molar-refractivity contribution < 1.29 is 0 Å². The zero-order valence-corrected chi connectivity index (χ0v) is 9.20. The first-order valence-corrected chi connectivity index (χ1v) is 5.42. The van der Waals surface area contributed by atoms with Crippen LogP contribution < -0.4 is 0 Å². The lowest BCUT2D eigenvalue weighted by Crippen LogP contribution is -1.90. The monoisotopic (exact) mass is 200 g/mol. The molecule has 1 aromatic carbocycles. The Morgan fingerprint density at radius 1 is 1.27 bits per heavy atom. The van der Waals surface area contributed by atoms with Gasteiger partial charge in [0.05, 0.1) is 5.69 Å². The number of H-pyrrole nitrogens is 1. The summed E-state index contributed by atoms with van der Waals surface area (Å²) < 4.78 is 0. The SMILES string of the molecule is CCC(C)c1cc(-c2ccccc2)n[nH]1. The Balaban J connectivity index is 2.28. The molecule has 0 amide bonds. The van der Waals surface area contributed by atoms with E-state index >= 15 is 0 Å². The summed E-state index contributed by atoms with van der Waals surface area (Å²) in [5, 5.41) is 7.44. The molecule has 1 heterocycles. The first kappa shape index (κ1) is 9.97. The average Bonchev–Trinajstić information content (AvgIpc) is 2.78. The maximum Gasteiger partial charge on any atom is 0.0923 e. The van der Waals surface area contributed by atoms with E-state index in [1.54, 1.807) is 0 Å². The fraction of sp³-hybridized carbons (Fsp3) is 0.308. The number of benzene rings is 1. The molecule has 0 aliphatic heterocycles. The van der Waals surface area contributed by atoms with E-state index in [2.05, 4.69) is 42.2 Å². The summed E-state index contributed by atoms with van der Waals surface area (Å²) in [6, 6.07) is 12.4. The van der Waals surface area contributed by atoms with Gasteiger partial charge in [-0.2, -0.15) is 5.10 Å². The summed E-state index contributed by atoms with van der Waals surface area (Å²) in [5.41, 5.74) is 3.42. The first-order chi connectivity index (χ1) is 7.31. The number of rotatable bonds is 3. The first-order valence-electron chi connectivity index (χ1n) is 5.42. The Hall–Kier alpha value is -1.57. The molecule has 15 heavy (non-hydrogen) atoms. The standard InChI is InChI=1S/C13H16N2/c1-3-10(2)12-9-13(15-14-12)11-7-5-4-6-8-11/h4-10H,3H2,1-2H3,(H,14,15). The quantitative estimate of drug-likeness (QED) is 0.805. The van der Waals surface area contributed by atoms with Gasteiger partial charge in [-0.15, -0.1) is 0 Å². The van der Waals surface area contributed by atoms with Gasteiger partial charge >= 0.3 is 0 Å². The zero-order chi connectivity index (χ0) is 10.7. The zero-order valence-electron chi connectivity index (χ0n) is 9.20. The van der Waals surface area contributed by atoms with Gasteiger partial charge < -0.3 is 0 Å². The normalized spacial score (nSPS) is 12.7. The lowest BCUT2D eigenvalue weighted by Gasteiger charge is -2.02. The Morgan fingerprint density at radius 3 is 2.67 bits per heavy atom. The van der Waals surface area contributed by atoms with Crippen LogP contribution in [0.2, 0.25) is 0 Å². The van der Waals surface area contributed by atoms with Gasteiger partial charge in [0.25, 0.3) is 0 Å². The molecular formula is C13H16N2. The minimum atomic E-state index is 0.551. The second-order valence-corrected chi connectivity index (χ2v) is 3.88. The number of hydrogen-bond acceptors (Lipinski definition) is 1. The van der Waals surface area contributed by atoms with Gasteiger partial charge in [-0.05, 0) is 18.4 Å². The van der Waals surface area contributed by atoms with E-state index in [4.69, 9.17) is 0 Å². The molecule has 1 aromatic heterocycles. The second kappa shape index (κ2) is 4.30. The summed E-state index contributed by atoms with van der Waals surface area (Å²) in [4.78, 5) is 0. The summed E-state index contributed by atoms with van der Waals surface area (Å²) >= 11 is 0. The van der Waals surface area contributed by atoms with Gasteiger partial charge in [0.1, 0.15) is 0 Å². The van der Waals surface area contributed by atoms with Crippen molar-refractivity contribution in [1.82, 2.24) is 10.2 Å². The van der Waals surface area contributed by atoms with Crippen LogP contribution in [0.5, 0.6) is 0 Å². The van der Waals surface area contributed by atoms with E-state index in [1.165, 1.54) is 11.3 Å². The highest BCUT2D eigenvalue weighted by atomic mass is 15.1. The fourth-order valence-corrected chi connectivity index (χ4v) is 1.57. The Labute approximate surface area is 90.3 Å².